The zero-order chi connectivity index (χ0) is 9.56. The zero-order valence-electron chi connectivity index (χ0n) is 8.64. The minimum absolute atomic E-state index is 0.602. The Morgan fingerprint density at radius 3 is 2.25 bits per heavy atom. The summed E-state index contributed by atoms with van der Waals surface area (Å²) in [4.78, 5) is 2.33. The SMILES string of the molecule is C=C(CN)CN(C)C(CC)CC. The second kappa shape index (κ2) is 6.21. The van der Waals surface area contributed by atoms with E-state index in [1.54, 1.807) is 0 Å². The van der Waals surface area contributed by atoms with Crippen molar-refractivity contribution in [1.29, 1.82) is 0 Å². The zero-order valence-corrected chi connectivity index (χ0v) is 8.64. The summed E-state index contributed by atoms with van der Waals surface area (Å²) in [6, 6.07) is 0.674. The summed E-state index contributed by atoms with van der Waals surface area (Å²) in [6.45, 7) is 9.87. The van der Waals surface area contributed by atoms with Gasteiger partial charge in [-0.05, 0) is 25.5 Å². The summed E-state index contributed by atoms with van der Waals surface area (Å²) in [5.74, 6) is 0. The number of nitrogens with two attached hydrogens (primary N) is 1. The van der Waals surface area contributed by atoms with Crippen LogP contribution in [0, 0.1) is 0 Å². The number of hydrogen-bond acceptors (Lipinski definition) is 2. The molecule has 0 radical (unpaired) electrons. The van der Waals surface area contributed by atoms with Crippen molar-refractivity contribution in [3.63, 3.8) is 0 Å². The van der Waals surface area contributed by atoms with Crippen LogP contribution in [0.25, 0.3) is 0 Å². The molecule has 0 fully saturated rings. The van der Waals surface area contributed by atoms with Crippen LogP contribution in [0.3, 0.4) is 0 Å². The van der Waals surface area contributed by atoms with E-state index in [2.05, 4.69) is 32.4 Å². The first-order chi connectivity index (χ1) is 5.65. The Kier molecular flexibility index (Phi) is 6.03. The number of likely N-dealkylation sites (N-methyl/N-ethyl adjacent to an activating group) is 1. The van der Waals surface area contributed by atoms with E-state index in [0.29, 0.717) is 12.6 Å². The van der Waals surface area contributed by atoms with Crippen LogP contribution in [0.1, 0.15) is 26.7 Å². The number of rotatable bonds is 6. The van der Waals surface area contributed by atoms with Gasteiger partial charge in [-0.2, -0.15) is 0 Å². The Balaban J connectivity index is 3.83. The highest BCUT2D eigenvalue weighted by atomic mass is 15.1. The first-order valence-electron chi connectivity index (χ1n) is 4.72. The highest BCUT2D eigenvalue weighted by Gasteiger charge is 2.09. The molecule has 0 aromatic carbocycles. The predicted octanol–water partition coefficient (Wildman–Crippen LogP) is 1.62. The van der Waals surface area contributed by atoms with Crippen molar-refractivity contribution in [2.45, 2.75) is 32.7 Å². The molecule has 0 atom stereocenters. The van der Waals surface area contributed by atoms with Crippen LogP contribution in [0.5, 0.6) is 0 Å². The van der Waals surface area contributed by atoms with Crippen molar-refractivity contribution >= 4 is 0 Å². The highest BCUT2D eigenvalue weighted by Crippen LogP contribution is 2.07. The smallest absolute Gasteiger partial charge is 0.0202 e. The molecule has 0 aliphatic carbocycles. The first kappa shape index (κ1) is 11.7. The minimum atomic E-state index is 0.602. The van der Waals surface area contributed by atoms with Gasteiger partial charge in [-0.25, -0.2) is 0 Å². The van der Waals surface area contributed by atoms with Crippen LogP contribution < -0.4 is 5.73 Å². The lowest BCUT2D eigenvalue weighted by atomic mass is 10.1. The lowest BCUT2D eigenvalue weighted by Crippen LogP contribution is -2.33. The van der Waals surface area contributed by atoms with Gasteiger partial charge in [0.1, 0.15) is 0 Å². The Bertz CT molecular complexity index is 128. The molecule has 2 N–H and O–H groups in total. The van der Waals surface area contributed by atoms with Crippen molar-refractivity contribution in [1.82, 2.24) is 4.90 Å². The Morgan fingerprint density at radius 1 is 1.42 bits per heavy atom. The first-order valence-corrected chi connectivity index (χ1v) is 4.72. The topological polar surface area (TPSA) is 29.3 Å². The van der Waals surface area contributed by atoms with Crippen LogP contribution in [0.2, 0.25) is 0 Å². The fourth-order valence-electron chi connectivity index (χ4n) is 1.46. The molecule has 0 unspecified atom stereocenters. The van der Waals surface area contributed by atoms with Crippen LogP contribution in [-0.2, 0) is 0 Å². The Morgan fingerprint density at radius 2 is 1.92 bits per heavy atom. The molecule has 0 aromatic rings. The average Bonchev–Trinajstić information content (AvgIpc) is 2.06. The van der Waals surface area contributed by atoms with Gasteiger partial charge in [0.15, 0.2) is 0 Å². The third kappa shape index (κ3) is 3.88. The molecule has 0 saturated carbocycles. The summed E-state index contributed by atoms with van der Waals surface area (Å²) in [5.41, 5.74) is 6.59. The second-order valence-electron chi connectivity index (χ2n) is 3.34. The van der Waals surface area contributed by atoms with Crippen molar-refractivity contribution in [3.05, 3.63) is 12.2 Å². The van der Waals surface area contributed by atoms with Gasteiger partial charge >= 0.3 is 0 Å². The summed E-state index contributed by atoms with van der Waals surface area (Å²) in [7, 11) is 2.14. The van der Waals surface area contributed by atoms with Crippen LogP contribution >= 0.6 is 0 Å². The van der Waals surface area contributed by atoms with Gasteiger partial charge in [0, 0.05) is 19.1 Å². The van der Waals surface area contributed by atoms with Crippen molar-refractivity contribution < 1.29 is 0 Å². The van der Waals surface area contributed by atoms with Crippen molar-refractivity contribution in [2.24, 2.45) is 5.73 Å². The van der Waals surface area contributed by atoms with Gasteiger partial charge in [-0.15, -0.1) is 0 Å². The molecule has 0 heterocycles. The third-order valence-corrected chi connectivity index (χ3v) is 2.33. The number of hydrogen-bond donors (Lipinski definition) is 1. The maximum Gasteiger partial charge on any atom is 0.0202 e. The average molecular weight is 170 g/mol. The molecule has 0 amide bonds. The van der Waals surface area contributed by atoms with E-state index in [9.17, 15) is 0 Å². The van der Waals surface area contributed by atoms with E-state index in [1.165, 1.54) is 12.8 Å². The van der Waals surface area contributed by atoms with Gasteiger partial charge in [0.05, 0.1) is 0 Å². The molecule has 12 heavy (non-hydrogen) atoms. The predicted molar refractivity (Wildman–Crippen MR) is 55.2 cm³/mol. The van der Waals surface area contributed by atoms with E-state index in [4.69, 9.17) is 5.73 Å². The standard InChI is InChI=1S/C10H22N2/c1-5-10(6-2)12(4)8-9(3)7-11/h10H,3,5-8,11H2,1-2,4H3. The second-order valence-corrected chi connectivity index (χ2v) is 3.34. The molecular weight excluding hydrogens is 148 g/mol. The molecule has 0 aliphatic rings. The maximum atomic E-state index is 5.48. The van der Waals surface area contributed by atoms with Gasteiger partial charge in [0.25, 0.3) is 0 Å². The van der Waals surface area contributed by atoms with Gasteiger partial charge in [-0.1, -0.05) is 20.4 Å². The molecule has 0 aliphatic heterocycles. The van der Waals surface area contributed by atoms with E-state index < -0.39 is 0 Å². The third-order valence-electron chi connectivity index (χ3n) is 2.33. The molecule has 0 aromatic heterocycles. The van der Waals surface area contributed by atoms with E-state index in [-0.39, 0.29) is 0 Å². The summed E-state index contributed by atoms with van der Waals surface area (Å²) >= 11 is 0. The number of nitrogens with zero attached hydrogens (tertiary/aromatic N) is 1. The Hall–Kier alpha value is -0.340. The van der Waals surface area contributed by atoms with E-state index in [1.807, 2.05) is 0 Å². The monoisotopic (exact) mass is 170 g/mol. The van der Waals surface area contributed by atoms with E-state index in [0.717, 1.165) is 12.1 Å². The molecule has 2 nitrogen and oxygen atoms in total. The minimum Gasteiger partial charge on any atom is -0.327 e. The van der Waals surface area contributed by atoms with Crippen molar-refractivity contribution in [3.8, 4) is 0 Å². The van der Waals surface area contributed by atoms with Gasteiger partial charge in [-0.3, -0.25) is 4.90 Å². The van der Waals surface area contributed by atoms with E-state index >= 15 is 0 Å². The van der Waals surface area contributed by atoms with Gasteiger partial charge in [0.2, 0.25) is 0 Å². The summed E-state index contributed by atoms with van der Waals surface area (Å²) in [5, 5.41) is 0. The van der Waals surface area contributed by atoms with Gasteiger partial charge < -0.3 is 5.73 Å². The molecule has 0 spiro atoms. The molecule has 72 valence electrons. The van der Waals surface area contributed by atoms with Crippen molar-refractivity contribution in [2.75, 3.05) is 20.1 Å². The molecule has 0 rings (SSSR count). The summed E-state index contributed by atoms with van der Waals surface area (Å²) < 4.78 is 0. The Labute approximate surface area is 76.4 Å². The van der Waals surface area contributed by atoms with Crippen LogP contribution in [0.15, 0.2) is 12.2 Å². The lowest BCUT2D eigenvalue weighted by molar-refractivity contribution is 0.247. The fourth-order valence-corrected chi connectivity index (χ4v) is 1.46. The van der Waals surface area contributed by atoms with Crippen LogP contribution in [0.4, 0.5) is 0 Å². The molecular formula is C10H22N2. The highest BCUT2D eigenvalue weighted by molar-refractivity contribution is 4.98. The normalized spacial score (nSPS) is 11.2. The fraction of sp³-hybridized carbons (Fsp3) is 0.800. The maximum absolute atomic E-state index is 5.48. The summed E-state index contributed by atoms with van der Waals surface area (Å²) in [6.07, 6.45) is 2.40. The largest absolute Gasteiger partial charge is 0.327 e. The molecule has 0 bridgehead atoms. The molecule has 0 saturated heterocycles. The lowest BCUT2D eigenvalue weighted by Gasteiger charge is -2.26. The molecule has 2 heteroatoms. The quantitative estimate of drug-likeness (QED) is 0.614. The van der Waals surface area contributed by atoms with Crippen LogP contribution in [-0.4, -0.2) is 31.1 Å².